The standard InChI is InChI=1S/C16H22N4O3/c1-9-12(8-13(22)20(6-7-21)11-4-5-11)10(2)17-15-14(9)16(23)18-19(15)3/h11,21H,4-8H2,1-3H3,(H,18,23). The van der Waals surface area contributed by atoms with Gasteiger partial charge in [-0.25, -0.2) is 4.98 Å². The molecule has 0 radical (unpaired) electrons. The van der Waals surface area contributed by atoms with Gasteiger partial charge in [-0.2, -0.15) is 0 Å². The Balaban J connectivity index is 1.98. The third kappa shape index (κ3) is 2.76. The Hall–Kier alpha value is -2.15. The van der Waals surface area contributed by atoms with E-state index in [1.165, 1.54) is 0 Å². The molecule has 2 N–H and O–H groups in total. The van der Waals surface area contributed by atoms with E-state index in [2.05, 4.69) is 10.1 Å². The summed E-state index contributed by atoms with van der Waals surface area (Å²) >= 11 is 0. The van der Waals surface area contributed by atoms with Crippen molar-refractivity contribution in [2.45, 2.75) is 39.2 Å². The van der Waals surface area contributed by atoms with Crippen molar-refractivity contribution >= 4 is 16.9 Å². The van der Waals surface area contributed by atoms with Crippen LogP contribution in [-0.2, 0) is 18.3 Å². The van der Waals surface area contributed by atoms with Crippen LogP contribution >= 0.6 is 0 Å². The van der Waals surface area contributed by atoms with Crippen LogP contribution in [0.4, 0.5) is 0 Å². The number of carbonyl (C=O) groups excluding carboxylic acids is 1. The summed E-state index contributed by atoms with van der Waals surface area (Å²) in [4.78, 5) is 30.9. The molecule has 124 valence electrons. The molecule has 7 heteroatoms. The van der Waals surface area contributed by atoms with Gasteiger partial charge >= 0.3 is 0 Å². The van der Waals surface area contributed by atoms with Gasteiger partial charge in [0.15, 0.2) is 5.65 Å². The second kappa shape index (κ2) is 5.81. The summed E-state index contributed by atoms with van der Waals surface area (Å²) in [5, 5.41) is 12.4. The van der Waals surface area contributed by atoms with Gasteiger partial charge in [-0.15, -0.1) is 0 Å². The quantitative estimate of drug-likeness (QED) is 0.835. The molecule has 0 aromatic carbocycles. The van der Waals surface area contributed by atoms with Crippen LogP contribution in [0.2, 0.25) is 0 Å². The first-order chi connectivity index (χ1) is 10.9. The lowest BCUT2D eigenvalue weighted by Gasteiger charge is -2.22. The third-order valence-corrected chi connectivity index (χ3v) is 4.55. The van der Waals surface area contributed by atoms with Crippen LogP contribution < -0.4 is 5.56 Å². The van der Waals surface area contributed by atoms with Crippen molar-refractivity contribution in [2.24, 2.45) is 7.05 Å². The van der Waals surface area contributed by atoms with E-state index in [4.69, 9.17) is 5.11 Å². The van der Waals surface area contributed by atoms with Gasteiger partial charge in [0, 0.05) is 25.3 Å². The molecule has 0 aliphatic heterocycles. The van der Waals surface area contributed by atoms with Gasteiger partial charge in [-0.1, -0.05) is 0 Å². The number of carbonyl (C=O) groups is 1. The monoisotopic (exact) mass is 318 g/mol. The van der Waals surface area contributed by atoms with Crippen molar-refractivity contribution in [1.82, 2.24) is 19.7 Å². The lowest BCUT2D eigenvalue weighted by Crippen LogP contribution is -2.36. The fourth-order valence-corrected chi connectivity index (χ4v) is 3.17. The Kier molecular flexibility index (Phi) is 3.97. The molecule has 2 aromatic rings. The van der Waals surface area contributed by atoms with Gasteiger partial charge in [-0.05, 0) is 37.8 Å². The fourth-order valence-electron chi connectivity index (χ4n) is 3.17. The van der Waals surface area contributed by atoms with E-state index in [9.17, 15) is 9.59 Å². The van der Waals surface area contributed by atoms with E-state index in [0.29, 0.717) is 17.6 Å². The molecule has 0 bridgehead atoms. The molecular weight excluding hydrogens is 296 g/mol. The van der Waals surface area contributed by atoms with Crippen LogP contribution in [-0.4, -0.2) is 49.9 Å². The molecule has 0 saturated heterocycles. The molecule has 1 aliphatic rings. The Bertz CT molecular complexity index is 817. The third-order valence-electron chi connectivity index (χ3n) is 4.55. The largest absolute Gasteiger partial charge is 0.395 e. The van der Waals surface area contributed by atoms with Crippen LogP contribution in [0.1, 0.15) is 29.7 Å². The number of nitrogens with zero attached hydrogens (tertiary/aromatic N) is 3. The van der Waals surface area contributed by atoms with Crippen LogP contribution in [0.25, 0.3) is 11.0 Å². The van der Waals surface area contributed by atoms with Gasteiger partial charge in [0.05, 0.1) is 18.4 Å². The number of rotatable bonds is 5. The zero-order chi connectivity index (χ0) is 16.7. The first kappa shape index (κ1) is 15.7. The number of H-pyrrole nitrogens is 1. The zero-order valence-electron chi connectivity index (χ0n) is 13.7. The van der Waals surface area contributed by atoms with Crippen LogP contribution in [0, 0.1) is 13.8 Å². The summed E-state index contributed by atoms with van der Waals surface area (Å²) in [5.41, 5.74) is 2.80. The molecule has 0 atom stereocenters. The lowest BCUT2D eigenvalue weighted by molar-refractivity contribution is -0.131. The number of fused-ring (bicyclic) bond motifs is 1. The molecule has 1 amide bonds. The maximum atomic E-state index is 12.6. The molecule has 23 heavy (non-hydrogen) atoms. The molecule has 3 rings (SSSR count). The van der Waals surface area contributed by atoms with Crippen molar-refractivity contribution in [3.63, 3.8) is 0 Å². The number of aromatic nitrogens is 3. The van der Waals surface area contributed by atoms with Crippen molar-refractivity contribution in [3.8, 4) is 0 Å². The van der Waals surface area contributed by atoms with E-state index in [-0.39, 0.29) is 30.5 Å². The normalized spacial score (nSPS) is 14.4. The average molecular weight is 318 g/mol. The molecule has 7 nitrogen and oxygen atoms in total. The van der Waals surface area contributed by atoms with E-state index in [0.717, 1.165) is 29.7 Å². The summed E-state index contributed by atoms with van der Waals surface area (Å²) in [5.74, 6) is -0.0127. The summed E-state index contributed by atoms with van der Waals surface area (Å²) in [6.45, 7) is 4.06. The van der Waals surface area contributed by atoms with Crippen LogP contribution in [0.5, 0.6) is 0 Å². The summed E-state index contributed by atoms with van der Waals surface area (Å²) in [7, 11) is 1.75. The maximum absolute atomic E-state index is 12.6. The second-order valence-electron chi connectivity index (χ2n) is 6.22. The van der Waals surface area contributed by atoms with Crippen molar-refractivity contribution < 1.29 is 9.90 Å². The number of pyridine rings is 1. The lowest BCUT2D eigenvalue weighted by atomic mass is 10.0. The Morgan fingerprint density at radius 3 is 2.74 bits per heavy atom. The minimum Gasteiger partial charge on any atom is -0.395 e. The molecule has 1 fully saturated rings. The second-order valence-corrected chi connectivity index (χ2v) is 6.22. The topological polar surface area (TPSA) is 91.2 Å². The molecule has 0 unspecified atom stereocenters. The molecule has 1 saturated carbocycles. The maximum Gasteiger partial charge on any atom is 0.273 e. The minimum atomic E-state index is -0.185. The number of amides is 1. The minimum absolute atomic E-state index is 0.0127. The number of hydrogen-bond donors (Lipinski definition) is 2. The highest BCUT2D eigenvalue weighted by atomic mass is 16.3. The van der Waals surface area contributed by atoms with Crippen molar-refractivity contribution in [2.75, 3.05) is 13.2 Å². The smallest absolute Gasteiger partial charge is 0.273 e. The number of nitrogens with one attached hydrogen (secondary N) is 1. The van der Waals surface area contributed by atoms with E-state index in [1.807, 2.05) is 13.8 Å². The van der Waals surface area contributed by atoms with Crippen LogP contribution in [0.15, 0.2) is 4.79 Å². The average Bonchev–Trinajstić information content (AvgIpc) is 3.28. The Labute approximate surface area is 133 Å². The van der Waals surface area contributed by atoms with E-state index < -0.39 is 0 Å². The highest BCUT2D eigenvalue weighted by Crippen LogP contribution is 2.28. The van der Waals surface area contributed by atoms with Gasteiger partial charge in [0.25, 0.3) is 5.56 Å². The highest BCUT2D eigenvalue weighted by molar-refractivity contribution is 5.85. The molecular formula is C16H22N4O3. The predicted molar refractivity (Wildman–Crippen MR) is 86.3 cm³/mol. The molecule has 0 spiro atoms. The fraction of sp³-hybridized carbons (Fsp3) is 0.562. The summed E-state index contributed by atoms with van der Waals surface area (Å²) in [6.07, 6.45) is 2.21. The van der Waals surface area contributed by atoms with Gasteiger partial charge < -0.3 is 10.0 Å². The molecule has 1 aliphatic carbocycles. The number of aliphatic hydroxyl groups is 1. The van der Waals surface area contributed by atoms with E-state index >= 15 is 0 Å². The summed E-state index contributed by atoms with van der Waals surface area (Å²) in [6, 6.07) is 0.257. The van der Waals surface area contributed by atoms with Gasteiger partial charge in [0.1, 0.15) is 0 Å². The van der Waals surface area contributed by atoms with Crippen molar-refractivity contribution in [1.29, 1.82) is 0 Å². The van der Waals surface area contributed by atoms with Crippen LogP contribution in [0.3, 0.4) is 0 Å². The predicted octanol–water partition coefficient (Wildman–Crippen LogP) is 0.404. The first-order valence-corrected chi connectivity index (χ1v) is 7.89. The van der Waals surface area contributed by atoms with Crippen molar-refractivity contribution in [3.05, 3.63) is 27.2 Å². The molecule has 2 heterocycles. The number of aliphatic hydroxyl groups excluding tert-OH is 1. The zero-order valence-corrected chi connectivity index (χ0v) is 13.7. The Morgan fingerprint density at radius 1 is 1.43 bits per heavy atom. The number of aryl methyl sites for hydroxylation is 3. The SMILES string of the molecule is Cc1nc2c(c(C)c1CC(=O)N(CCO)C1CC1)c(=O)[nH]n2C. The summed E-state index contributed by atoms with van der Waals surface area (Å²) < 4.78 is 1.60. The Morgan fingerprint density at radius 2 is 2.13 bits per heavy atom. The van der Waals surface area contributed by atoms with Gasteiger partial charge in [0.2, 0.25) is 5.91 Å². The van der Waals surface area contributed by atoms with E-state index in [1.54, 1.807) is 16.6 Å². The van der Waals surface area contributed by atoms with Gasteiger partial charge in [-0.3, -0.25) is 19.4 Å². The first-order valence-electron chi connectivity index (χ1n) is 7.89. The molecule has 2 aromatic heterocycles. The number of hydrogen-bond acceptors (Lipinski definition) is 4. The highest BCUT2D eigenvalue weighted by Gasteiger charge is 2.32. The number of aromatic amines is 1.